The molecule has 0 amide bonds. The van der Waals surface area contributed by atoms with E-state index in [1.165, 1.54) is 12.2 Å². The van der Waals surface area contributed by atoms with Gasteiger partial charge in [-0.2, -0.15) is 0 Å². The van der Waals surface area contributed by atoms with Crippen molar-refractivity contribution in [2.75, 3.05) is 13.4 Å². The molecule has 5 nitrogen and oxygen atoms in total. The van der Waals surface area contributed by atoms with Crippen LogP contribution >= 0.6 is 11.6 Å². The van der Waals surface area contributed by atoms with Crippen molar-refractivity contribution < 1.29 is 23.8 Å². The van der Waals surface area contributed by atoms with Crippen molar-refractivity contribution >= 4 is 29.4 Å². The van der Waals surface area contributed by atoms with Crippen molar-refractivity contribution in [2.45, 2.75) is 0 Å². The van der Waals surface area contributed by atoms with Crippen LogP contribution < -0.4 is 9.47 Å². The Labute approximate surface area is 143 Å². The molecule has 0 unspecified atom stereocenters. The van der Waals surface area contributed by atoms with Crippen LogP contribution in [-0.4, -0.2) is 25.2 Å². The molecule has 0 bridgehead atoms. The molecule has 122 valence electrons. The second-order valence-electron chi connectivity index (χ2n) is 4.97. The van der Waals surface area contributed by atoms with Crippen LogP contribution in [0.15, 0.2) is 48.5 Å². The van der Waals surface area contributed by atoms with E-state index >= 15 is 0 Å². The first kappa shape index (κ1) is 16.1. The number of carbonyl (C=O) groups is 2. The molecule has 0 saturated carbocycles. The summed E-state index contributed by atoms with van der Waals surface area (Å²) in [6.45, 7) is -0.194. The Hall–Kier alpha value is -2.79. The molecule has 1 aliphatic rings. The van der Waals surface area contributed by atoms with Gasteiger partial charge in [0.15, 0.2) is 23.9 Å². The molecule has 0 atom stereocenters. The minimum Gasteiger partial charge on any atom is -0.454 e. The van der Waals surface area contributed by atoms with E-state index < -0.39 is 5.97 Å². The Morgan fingerprint density at radius 3 is 2.75 bits per heavy atom. The highest BCUT2D eigenvalue weighted by molar-refractivity contribution is 6.32. The second-order valence-corrected chi connectivity index (χ2v) is 5.37. The van der Waals surface area contributed by atoms with Gasteiger partial charge >= 0.3 is 5.97 Å². The summed E-state index contributed by atoms with van der Waals surface area (Å²) in [5, 5.41) is 0.400. The Bertz CT molecular complexity index is 799. The van der Waals surface area contributed by atoms with Gasteiger partial charge in [-0.15, -0.1) is 0 Å². The van der Waals surface area contributed by atoms with Crippen LogP contribution in [0.4, 0.5) is 0 Å². The molecule has 0 radical (unpaired) electrons. The fourth-order valence-corrected chi connectivity index (χ4v) is 2.41. The zero-order valence-electron chi connectivity index (χ0n) is 12.5. The highest BCUT2D eigenvalue weighted by atomic mass is 35.5. The molecule has 0 spiro atoms. The van der Waals surface area contributed by atoms with Crippen molar-refractivity contribution in [1.82, 2.24) is 0 Å². The third-order valence-electron chi connectivity index (χ3n) is 3.30. The summed E-state index contributed by atoms with van der Waals surface area (Å²) in [4.78, 5) is 23.6. The van der Waals surface area contributed by atoms with E-state index in [4.69, 9.17) is 25.8 Å². The van der Waals surface area contributed by atoms with Crippen LogP contribution in [0.5, 0.6) is 11.5 Å². The number of hydrogen-bond acceptors (Lipinski definition) is 5. The van der Waals surface area contributed by atoms with Gasteiger partial charge in [0.1, 0.15) is 0 Å². The fraction of sp³-hybridized carbons (Fsp3) is 0.111. The number of carbonyl (C=O) groups excluding carboxylic acids is 2. The van der Waals surface area contributed by atoms with Crippen molar-refractivity contribution in [3.8, 4) is 11.5 Å². The zero-order chi connectivity index (χ0) is 16.9. The third kappa shape index (κ3) is 3.75. The Balaban J connectivity index is 1.58. The summed E-state index contributed by atoms with van der Waals surface area (Å²) < 4.78 is 15.4. The average molecular weight is 345 g/mol. The zero-order valence-corrected chi connectivity index (χ0v) is 13.3. The maximum Gasteiger partial charge on any atom is 0.331 e. The van der Waals surface area contributed by atoms with Crippen molar-refractivity contribution in [1.29, 1.82) is 0 Å². The average Bonchev–Trinajstić information content (AvgIpc) is 3.08. The van der Waals surface area contributed by atoms with Crippen LogP contribution in [0.3, 0.4) is 0 Å². The molecule has 0 fully saturated rings. The second kappa shape index (κ2) is 7.19. The van der Waals surface area contributed by atoms with Gasteiger partial charge in [-0.25, -0.2) is 4.79 Å². The molecule has 2 aromatic carbocycles. The minimum atomic E-state index is -0.618. The molecular formula is C18H13ClO5. The molecule has 6 heteroatoms. The SMILES string of the molecule is O=C(/C=C/c1cc(Cl)c2c(c1)OCO2)OCC(=O)c1ccccc1. The first-order valence-electron chi connectivity index (χ1n) is 7.16. The molecule has 24 heavy (non-hydrogen) atoms. The van der Waals surface area contributed by atoms with Gasteiger partial charge in [-0.1, -0.05) is 41.9 Å². The lowest BCUT2D eigenvalue weighted by molar-refractivity contribution is -0.136. The molecule has 0 saturated heterocycles. The van der Waals surface area contributed by atoms with E-state index in [2.05, 4.69) is 0 Å². The quantitative estimate of drug-likeness (QED) is 0.472. The summed E-state index contributed by atoms with van der Waals surface area (Å²) in [5.41, 5.74) is 1.16. The number of ether oxygens (including phenoxy) is 3. The summed E-state index contributed by atoms with van der Waals surface area (Å²) in [5.74, 6) is 0.135. The van der Waals surface area contributed by atoms with E-state index in [1.54, 1.807) is 36.4 Å². The van der Waals surface area contributed by atoms with Crippen LogP contribution in [0.2, 0.25) is 5.02 Å². The van der Waals surface area contributed by atoms with Crippen LogP contribution in [0, 0.1) is 0 Å². The molecule has 3 rings (SSSR count). The molecule has 1 heterocycles. The number of Topliss-reactive ketones (excluding diaryl/α,β-unsaturated/α-hetero) is 1. The van der Waals surface area contributed by atoms with Gasteiger partial charge in [0.25, 0.3) is 0 Å². The highest BCUT2D eigenvalue weighted by Crippen LogP contribution is 2.40. The van der Waals surface area contributed by atoms with Crippen LogP contribution in [0.1, 0.15) is 15.9 Å². The third-order valence-corrected chi connectivity index (χ3v) is 3.58. The number of rotatable bonds is 5. The van der Waals surface area contributed by atoms with Crippen molar-refractivity contribution in [3.63, 3.8) is 0 Å². The standard InChI is InChI=1S/C18H13ClO5/c19-14-8-12(9-16-18(14)24-11-23-16)6-7-17(21)22-10-15(20)13-4-2-1-3-5-13/h1-9H,10-11H2/b7-6+. The summed E-state index contributed by atoms with van der Waals surface area (Å²) in [6.07, 6.45) is 2.76. The lowest BCUT2D eigenvalue weighted by Gasteiger charge is -2.02. The Kier molecular flexibility index (Phi) is 4.82. The van der Waals surface area contributed by atoms with Crippen LogP contribution in [0.25, 0.3) is 6.08 Å². The Morgan fingerprint density at radius 2 is 1.96 bits per heavy atom. The highest BCUT2D eigenvalue weighted by Gasteiger charge is 2.17. The van der Waals surface area contributed by atoms with Gasteiger partial charge in [0.05, 0.1) is 5.02 Å². The summed E-state index contributed by atoms with van der Waals surface area (Å²) in [6, 6.07) is 12.0. The van der Waals surface area contributed by atoms with E-state index in [1.807, 2.05) is 6.07 Å². The number of esters is 1. The molecule has 0 aliphatic carbocycles. The smallest absolute Gasteiger partial charge is 0.331 e. The lowest BCUT2D eigenvalue weighted by Crippen LogP contribution is -2.12. The predicted octanol–water partition coefficient (Wildman–Crippen LogP) is 3.51. The summed E-state index contributed by atoms with van der Waals surface area (Å²) in [7, 11) is 0. The van der Waals surface area contributed by atoms with E-state index in [-0.39, 0.29) is 19.2 Å². The topological polar surface area (TPSA) is 61.8 Å². The normalized spacial score (nSPS) is 12.4. The number of halogens is 1. The van der Waals surface area contributed by atoms with E-state index in [0.29, 0.717) is 27.6 Å². The Morgan fingerprint density at radius 1 is 1.17 bits per heavy atom. The summed E-state index contributed by atoms with van der Waals surface area (Å²) >= 11 is 6.06. The van der Waals surface area contributed by atoms with E-state index in [9.17, 15) is 9.59 Å². The van der Waals surface area contributed by atoms with Gasteiger partial charge in [0, 0.05) is 11.6 Å². The molecule has 2 aromatic rings. The van der Waals surface area contributed by atoms with Crippen molar-refractivity contribution in [2.24, 2.45) is 0 Å². The van der Waals surface area contributed by atoms with E-state index in [0.717, 1.165) is 0 Å². The first-order valence-corrected chi connectivity index (χ1v) is 7.53. The largest absolute Gasteiger partial charge is 0.454 e. The fourth-order valence-electron chi connectivity index (χ4n) is 2.14. The number of hydrogen-bond donors (Lipinski definition) is 0. The number of fused-ring (bicyclic) bond motifs is 1. The number of ketones is 1. The van der Waals surface area contributed by atoms with Gasteiger partial charge in [0.2, 0.25) is 6.79 Å². The number of benzene rings is 2. The first-order chi connectivity index (χ1) is 11.6. The van der Waals surface area contributed by atoms with Gasteiger partial charge in [-0.3, -0.25) is 4.79 Å². The molecule has 0 N–H and O–H groups in total. The molecule has 0 aromatic heterocycles. The molecule has 1 aliphatic heterocycles. The van der Waals surface area contributed by atoms with Crippen LogP contribution in [-0.2, 0) is 9.53 Å². The maximum atomic E-state index is 11.8. The monoisotopic (exact) mass is 344 g/mol. The predicted molar refractivity (Wildman–Crippen MR) is 88.3 cm³/mol. The van der Waals surface area contributed by atoms with Gasteiger partial charge < -0.3 is 14.2 Å². The minimum absolute atomic E-state index is 0.117. The lowest BCUT2D eigenvalue weighted by atomic mass is 10.1. The van der Waals surface area contributed by atoms with Gasteiger partial charge in [-0.05, 0) is 23.8 Å². The molecular weight excluding hydrogens is 332 g/mol. The maximum absolute atomic E-state index is 11.8. The van der Waals surface area contributed by atoms with Crippen molar-refractivity contribution in [3.05, 3.63) is 64.7 Å².